The molecule has 0 atom stereocenters. The van der Waals surface area contributed by atoms with Crippen LogP contribution in [0.1, 0.15) is 32.3 Å². The van der Waals surface area contributed by atoms with Gasteiger partial charge in [0.25, 0.3) is 0 Å². The Balaban J connectivity index is 0.00000320. The number of pyridine rings is 1. The summed E-state index contributed by atoms with van der Waals surface area (Å²) in [4.78, 5) is 13.6. The number of halogens is 1. The molecule has 1 aromatic carbocycles. The number of hydrogen-bond acceptors (Lipinski definition) is 4. The highest BCUT2D eigenvalue weighted by atomic mass is 127. The summed E-state index contributed by atoms with van der Waals surface area (Å²) in [6, 6.07) is 14.3. The Hall–Kier alpha value is -2.03. The van der Waals surface area contributed by atoms with Crippen molar-refractivity contribution in [3.8, 4) is 5.75 Å². The second-order valence-electron chi connectivity index (χ2n) is 7.22. The molecule has 0 aliphatic carbocycles. The highest BCUT2D eigenvalue weighted by Gasteiger charge is 2.22. The molecule has 2 heterocycles. The second kappa shape index (κ2) is 12.6. The first-order chi connectivity index (χ1) is 14.2. The molecule has 0 radical (unpaired) electrons. The first kappa shape index (κ1) is 24.2. The van der Waals surface area contributed by atoms with E-state index < -0.39 is 0 Å². The number of para-hydroxylation sites is 1. The van der Waals surface area contributed by atoms with Crippen molar-refractivity contribution in [3.05, 3.63) is 54.2 Å². The number of likely N-dealkylation sites (tertiary alicyclic amines) is 1. The Bertz CT molecular complexity index is 757. The summed E-state index contributed by atoms with van der Waals surface area (Å²) in [5.74, 6) is 2.92. The van der Waals surface area contributed by atoms with Crippen LogP contribution >= 0.6 is 24.0 Å². The summed E-state index contributed by atoms with van der Waals surface area (Å²) in [6.45, 7) is 8.85. The Morgan fingerprint density at radius 2 is 1.83 bits per heavy atom. The molecule has 1 fully saturated rings. The van der Waals surface area contributed by atoms with E-state index in [1.807, 2.05) is 43.6 Å². The predicted molar refractivity (Wildman–Crippen MR) is 135 cm³/mol. The normalized spacial score (nSPS) is 14.8. The van der Waals surface area contributed by atoms with E-state index in [0.717, 1.165) is 68.7 Å². The van der Waals surface area contributed by atoms with Crippen molar-refractivity contribution in [1.82, 2.24) is 15.2 Å². The molecule has 3 rings (SSSR count). The molecule has 1 aliphatic heterocycles. The van der Waals surface area contributed by atoms with Crippen LogP contribution in [-0.2, 0) is 6.54 Å². The van der Waals surface area contributed by atoms with Gasteiger partial charge in [0, 0.05) is 58.8 Å². The van der Waals surface area contributed by atoms with Crippen LogP contribution in [0.25, 0.3) is 0 Å². The minimum Gasteiger partial charge on any atom is -0.490 e. The molecule has 1 aromatic heterocycles. The van der Waals surface area contributed by atoms with E-state index in [2.05, 4.69) is 51.1 Å². The molecule has 0 saturated carbocycles. The SMILES string of the molecule is CCN(CC)c1ccc(CNC(=NC)N2CCC(Oc3ccccc3)CC2)cn1.I. The summed E-state index contributed by atoms with van der Waals surface area (Å²) in [5, 5.41) is 3.48. The number of nitrogens with one attached hydrogen (secondary N) is 1. The lowest BCUT2D eigenvalue weighted by Crippen LogP contribution is -2.47. The van der Waals surface area contributed by atoms with Crippen molar-refractivity contribution in [1.29, 1.82) is 0 Å². The standard InChI is InChI=1S/C23H33N5O.HI/c1-4-27(5-2)22-12-11-19(17-25-22)18-26-23(24-3)28-15-13-21(14-16-28)29-20-9-7-6-8-10-20;/h6-12,17,21H,4-5,13-16,18H2,1-3H3,(H,24,26);1H. The molecule has 1 aliphatic rings. The fourth-order valence-electron chi connectivity index (χ4n) is 3.65. The second-order valence-corrected chi connectivity index (χ2v) is 7.22. The van der Waals surface area contributed by atoms with Crippen molar-refractivity contribution in [3.63, 3.8) is 0 Å². The van der Waals surface area contributed by atoms with Crippen molar-refractivity contribution in [2.24, 2.45) is 4.99 Å². The molecule has 2 aromatic rings. The van der Waals surface area contributed by atoms with Crippen LogP contribution in [0, 0.1) is 0 Å². The minimum atomic E-state index is 0. The summed E-state index contributed by atoms with van der Waals surface area (Å²) in [7, 11) is 1.84. The number of nitrogens with zero attached hydrogens (tertiary/aromatic N) is 4. The molecule has 7 heteroatoms. The summed E-state index contributed by atoms with van der Waals surface area (Å²) >= 11 is 0. The molecule has 30 heavy (non-hydrogen) atoms. The van der Waals surface area contributed by atoms with E-state index in [9.17, 15) is 0 Å². The third kappa shape index (κ3) is 6.75. The molecule has 0 bridgehead atoms. The fourth-order valence-corrected chi connectivity index (χ4v) is 3.65. The first-order valence-electron chi connectivity index (χ1n) is 10.6. The van der Waals surface area contributed by atoms with Crippen molar-refractivity contribution in [2.45, 2.75) is 39.3 Å². The average molecular weight is 523 g/mol. The van der Waals surface area contributed by atoms with E-state index >= 15 is 0 Å². The molecule has 0 unspecified atom stereocenters. The highest BCUT2D eigenvalue weighted by Crippen LogP contribution is 2.19. The van der Waals surface area contributed by atoms with Gasteiger partial charge in [-0.05, 0) is 37.6 Å². The largest absolute Gasteiger partial charge is 0.490 e. The number of aromatic nitrogens is 1. The van der Waals surface area contributed by atoms with E-state index in [-0.39, 0.29) is 30.1 Å². The summed E-state index contributed by atoms with van der Waals surface area (Å²) < 4.78 is 6.10. The maximum Gasteiger partial charge on any atom is 0.193 e. The third-order valence-corrected chi connectivity index (χ3v) is 5.35. The number of piperidine rings is 1. The Kier molecular flexibility index (Phi) is 10.2. The van der Waals surface area contributed by atoms with Gasteiger partial charge in [0.1, 0.15) is 17.7 Å². The van der Waals surface area contributed by atoms with Gasteiger partial charge in [-0.1, -0.05) is 24.3 Å². The smallest absolute Gasteiger partial charge is 0.193 e. The molecule has 1 saturated heterocycles. The highest BCUT2D eigenvalue weighted by molar-refractivity contribution is 14.0. The quantitative estimate of drug-likeness (QED) is 0.336. The Labute approximate surface area is 197 Å². The molecule has 1 N–H and O–H groups in total. The summed E-state index contributed by atoms with van der Waals surface area (Å²) in [6.07, 6.45) is 4.21. The van der Waals surface area contributed by atoms with E-state index in [4.69, 9.17) is 4.74 Å². The topological polar surface area (TPSA) is 53.0 Å². The maximum absolute atomic E-state index is 6.10. The van der Waals surface area contributed by atoms with Crippen molar-refractivity contribution < 1.29 is 4.74 Å². The van der Waals surface area contributed by atoms with Crippen LogP contribution in [0.5, 0.6) is 5.75 Å². The van der Waals surface area contributed by atoms with E-state index in [1.165, 1.54) is 0 Å². The van der Waals surface area contributed by atoms with Gasteiger partial charge in [-0.25, -0.2) is 4.98 Å². The zero-order chi connectivity index (χ0) is 20.5. The Morgan fingerprint density at radius 1 is 1.13 bits per heavy atom. The number of ether oxygens (including phenoxy) is 1. The molecular formula is C23H34IN5O. The number of anilines is 1. The van der Waals surface area contributed by atoms with Gasteiger partial charge in [0.15, 0.2) is 5.96 Å². The van der Waals surface area contributed by atoms with Gasteiger partial charge in [-0.2, -0.15) is 0 Å². The maximum atomic E-state index is 6.10. The third-order valence-electron chi connectivity index (χ3n) is 5.35. The number of hydrogen-bond donors (Lipinski definition) is 1. The van der Waals surface area contributed by atoms with Gasteiger partial charge in [0.05, 0.1) is 0 Å². The zero-order valence-corrected chi connectivity index (χ0v) is 20.6. The van der Waals surface area contributed by atoms with Gasteiger partial charge >= 0.3 is 0 Å². The van der Waals surface area contributed by atoms with Crippen molar-refractivity contribution in [2.75, 3.05) is 38.1 Å². The fraction of sp³-hybridized carbons (Fsp3) is 0.478. The number of aliphatic imine (C=N–C) groups is 1. The molecule has 0 spiro atoms. The van der Waals surface area contributed by atoms with Gasteiger partial charge in [0.2, 0.25) is 0 Å². The lowest BCUT2D eigenvalue weighted by atomic mass is 10.1. The number of benzene rings is 1. The van der Waals surface area contributed by atoms with Gasteiger partial charge < -0.3 is 19.9 Å². The van der Waals surface area contributed by atoms with Crippen LogP contribution in [0.4, 0.5) is 5.82 Å². The van der Waals surface area contributed by atoms with Crippen LogP contribution in [0.15, 0.2) is 53.7 Å². The minimum absolute atomic E-state index is 0. The van der Waals surface area contributed by atoms with Crippen molar-refractivity contribution >= 4 is 35.8 Å². The molecular weight excluding hydrogens is 489 g/mol. The van der Waals surface area contributed by atoms with Gasteiger partial charge in [-0.3, -0.25) is 4.99 Å². The Morgan fingerprint density at radius 3 is 2.40 bits per heavy atom. The van der Waals surface area contributed by atoms with Crippen LogP contribution in [0.3, 0.4) is 0 Å². The van der Waals surface area contributed by atoms with Gasteiger partial charge in [-0.15, -0.1) is 24.0 Å². The summed E-state index contributed by atoms with van der Waals surface area (Å²) in [5.41, 5.74) is 1.16. The van der Waals surface area contributed by atoms with E-state index in [1.54, 1.807) is 0 Å². The monoisotopic (exact) mass is 523 g/mol. The molecule has 0 amide bonds. The molecule has 6 nitrogen and oxygen atoms in total. The zero-order valence-electron chi connectivity index (χ0n) is 18.3. The lowest BCUT2D eigenvalue weighted by molar-refractivity contribution is 0.129. The van der Waals surface area contributed by atoms with Crippen LogP contribution < -0.4 is 15.0 Å². The van der Waals surface area contributed by atoms with E-state index in [0.29, 0.717) is 0 Å². The number of rotatable bonds is 7. The van der Waals surface area contributed by atoms with Crippen LogP contribution in [-0.4, -0.2) is 55.2 Å². The lowest BCUT2D eigenvalue weighted by Gasteiger charge is -2.34. The molecule has 164 valence electrons. The average Bonchev–Trinajstić information content (AvgIpc) is 2.78. The first-order valence-corrected chi connectivity index (χ1v) is 10.6. The van der Waals surface area contributed by atoms with Crippen LogP contribution in [0.2, 0.25) is 0 Å². The number of guanidine groups is 1. The predicted octanol–water partition coefficient (Wildman–Crippen LogP) is 4.16.